The molecule has 0 aliphatic heterocycles. The number of methoxy groups -OCH3 is 1. The van der Waals surface area contributed by atoms with E-state index in [1.807, 2.05) is 43.3 Å². The second-order valence-electron chi connectivity index (χ2n) is 6.63. The van der Waals surface area contributed by atoms with Crippen molar-refractivity contribution in [1.29, 1.82) is 0 Å². The Kier molecular flexibility index (Phi) is 7.29. The molecule has 4 nitrogen and oxygen atoms in total. The molecule has 0 aliphatic rings. The Balaban J connectivity index is 1.88. The molecule has 0 spiro atoms. The summed E-state index contributed by atoms with van der Waals surface area (Å²) in [5.41, 5.74) is 2.25. The van der Waals surface area contributed by atoms with Gasteiger partial charge in [0.05, 0.1) is 7.11 Å². The molecule has 2 rings (SSSR count). The lowest BCUT2D eigenvalue weighted by molar-refractivity contribution is 0.101. The average molecular weight is 343 g/mol. The summed E-state index contributed by atoms with van der Waals surface area (Å²) in [7, 11) is 1.66. The van der Waals surface area contributed by atoms with E-state index in [0.717, 1.165) is 17.1 Å². The molecule has 2 atom stereocenters. The van der Waals surface area contributed by atoms with Crippen molar-refractivity contribution in [2.75, 3.05) is 20.3 Å². The fourth-order valence-corrected chi connectivity index (χ4v) is 2.78. The Morgan fingerprint density at radius 3 is 2.32 bits per heavy atom. The lowest BCUT2D eigenvalue weighted by atomic mass is 9.96. The Morgan fingerprint density at radius 2 is 1.72 bits per heavy atom. The van der Waals surface area contributed by atoms with Crippen molar-refractivity contribution in [3.63, 3.8) is 0 Å². The van der Waals surface area contributed by atoms with Crippen molar-refractivity contribution in [2.45, 2.75) is 32.9 Å². The van der Waals surface area contributed by atoms with Gasteiger partial charge in [-0.2, -0.15) is 0 Å². The van der Waals surface area contributed by atoms with Crippen LogP contribution >= 0.6 is 0 Å². The van der Waals surface area contributed by atoms with Gasteiger partial charge in [0, 0.05) is 12.6 Å². The lowest BCUT2D eigenvalue weighted by Crippen LogP contribution is -2.35. The molecule has 2 aromatic carbocycles. The molecular weight excluding hydrogens is 314 g/mol. The summed E-state index contributed by atoms with van der Waals surface area (Å²) in [6.45, 7) is 7.07. The smallest absolute Gasteiger partial charge is 0.122 e. The fraction of sp³-hybridized carbons (Fsp3) is 0.429. The Morgan fingerprint density at radius 1 is 1.04 bits per heavy atom. The minimum Gasteiger partial charge on any atom is -0.497 e. The number of aliphatic hydroxyl groups excluding tert-OH is 1. The van der Waals surface area contributed by atoms with Crippen molar-refractivity contribution in [3.05, 3.63) is 59.7 Å². The molecule has 0 heterocycles. The molecule has 0 bridgehead atoms. The van der Waals surface area contributed by atoms with Gasteiger partial charge in [-0.05, 0) is 42.2 Å². The predicted octanol–water partition coefficient (Wildman–Crippen LogP) is 3.73. The van der Waals surface area contributed by atoms with Crippen LogP contribution in [0.25, 0.3) is 0 Å². The highest BCUT2D eigenvalue weighted by Crippen LogP contribution is 2.24. The van der Waals surface area contributed by atoms with Crippen LogP contribution in [0.1, 0.15) is 31.0 Å². The summed E-state index contributed by atoms with van der Waals surface area (Å²) < 4.78 is 10.9. The van der Waals surface area contributed by atoms with Crippen LogP contribution < -0.4 is 14.8 Å². The highest BCUT2D eigenvalue weighted by Gasteiger charge is 2.17. The first-order valence-corrected chi connectivity index (χ1v) is 8.75. The molecule has 4 heteroatoms. The standard InChI is InChI=1S/C21H29NO3/c1-15(2)21(17-9-11-19(24-4)12-10-17)22-13-18(23)14-25-20-8-6-5-7-16(20)3/h5-12,15,18,21-23H,13-14H2,1-4H3. The molecule has 0 fully saturated rings. The van der Waals surface area contributed by atoms with Crippen LogP contribution in [0, 0.1) is 12.8 Å². The second kappa shape index (κ2) is 9.44. The third-order valence-electron chi connectivity index (χ3n) is 4.24. The fourth-order valence-electron chi connectivity index (χ4n) is 2.78. The van der Waals surface area contributed by atoms with Crippen molar-refractivity contribution in [3.8, 4) is 11.5 Å². The van der Waals surface area contributed by atoms with Crippen molar-refractivity contribution >= 4 is 0 Å². The molecule has 0 amide bonds. The molecule has 2 unspecified atom stereocenters. The zero-order valence-corrected chi connectivity index (χ0v) is 15.5. The Bertz CT molecular complexity index is 640. The van der Waals surface area contributed by atoms with Gasteiger partial charge in [0.25, 0.3) is 0 Å². The SMILES string of the molecule is COc1ccc(C(NCC(O)COc2ccccc2C)C(C)C)cc1. The Hall–Kier alpha value is -2.04. The van der Waals surface area contributed by atoms with Gasteiger partial charge in [0.2, 0.25) is 0 Å². The van der Waals surface area contributed by atoms with Gasteiger partial charge in [-0.15, -0.1) is 0 Å². The van der Waals surface area contributed by atoms with Crippen molar-refractivity contribution in [1.82, 2.24) is 5.32 Å². The van der Waals surface area contributed by atoms with Gasteiger partial charge in [-0.1, -0.05) is 44.2 Å². The zero-order chi connectivity index (χ0) is 18.2. The van der Waals surface area contributed by atoms with Crippen LogP contribution in [0.5, 0.6) is 11.5 Å². The van der Waals surface area contributed by atoms with E-state index in [1.165, 1.54) is 5.56 Å². The maximum atomic E-state index is 10.3. The predicted molar refractivity (Wildman–Crippen MR) is 101 cm³/mol. The third kappa shape index (κ3) is 5.76. The maximum absolute atomic E-state index is 10.3. The van der Waals surface area contributed by atoms with Crippen LogP contribution in [0.2, 0.25) is 0 Å². The molecule has 2 N–H and O–H groups in total. The lowest BCUT2D eigenvalue weighted by Gasteiger charge is -2.25. The van der Waals surface area contributed by atoms with E-state index in [4.69, 9.17) is 9.47 Å². The summed E-state index contributed by atoms with van der Waals surface area (Å²) >= 11 is 0. The molecule has 2 aromatic rings. The first-order chi connectivity index (χ1) is 12.0. The van der Waals surface area contributed by atoms with Gasteiger partial charge in [0.15, 0.2) is 0 Å². The van der Waals surface area contributed by atoms with Gasteiger partial charge >= 0.3 is 0 Å². The van der Waals surface area contributed by atoms with E-state index >= 15 is 0 Å². The number of benzene rings is 2. The van der Waals surface area contributed by atoms with Crippen LogP contribution in [-0.4, -0.2) is 31.5 Å². The molecule has 0 saturated heterocycles. The minimum absolute atomic E-state index is 0.166. The summed E-state index contributed by atoms with van der Waals surface area (Å²) in [5.74, 6) is 2.06. The maximum Gasteiger partial charge on any atom is 0.122 e. The summed E-state index contributed by atoms with van der Waals surface area (Å²) in [4.78, 5) is 0. The largest absolute Gasteiger partial charge is 0.497 e. The van der Waals surface area contributed by atoms with Crippen LogP contribution in [0.3, 0.4) is 0 Å². The van der Waals surface area contributed by atoms with Gasteiger partial charge in [0.1, 0.15) is 24.2 Å². The number of ether oxygens (including phenoxy) is 2. The van der Waals surface area contributed by atoms with E-state index in [-0.39, 0.29) is 12.6 Å². The van der Waals surface area contributed by atoms with E-state index in [1.54, 1.807) is 7.11 Å². The number of rotatable bonds is 9. The number of nitrogens with one attached hydrogen (secondary N) is 1. The summed E-state index contributed by atoms with van der Waals surface area (Å²) in [6.07, 6.45) is -0.570. The summed E-state index contributed by atoms with van der Waals surface area (Å²) in [5, 5.41) is 13.7. The molecule has 0 aromatic heterocycles. The van der Waals surface area contributed by atoms with E-state index in [9.17, 15) is 5.11 Å². The van der Waals surface area contributed by atoms with Crippen LogP contribution in [0.15, 0.2) is 48.5 Å². The number of para-hydroxylation sites is 1. The van der Waals surface area contributed by atoms with Gasteiger partial charge < -0.3 is 19.9 Å². The first-order valence-electron chi connectivity index (χ1n) is 8.75. The molecular formula is C21H29NO3. The van der Waals surface area contributed by atoms with Gasteiger partial charge in [-0.3, -0.25) is 0 Å². The molecule has 0 radical (unpaired) electrons. The minimum atomic E-state index is -0.570. The average Bonchev–Trinajstić information content (AvgIpc) is 2.61. The highest BCUT2D eigenvalue weighted by molar-refractivity contribution is 5.32. The monoisotopic (exact) mass is 343 g/mol. The number of aryl methyl sites for hydroxylation is 1. The van der Waals surface area contributed by atoms with E-state index in [0.29, 0.717) is 12.5 Å². The number of hydrogen-bond donors (Lipinski definition) is 2. The topological polar surface area (TPSA) is 50.7 Å². The van der Waals surface area contributed by atoms with Crippen molar-refractivity contribution < 1.29 is 14.6 Å². The Labute approximate surface area is 150 Å². The van der Waals surface area contributed by atoms with Gasteiger partial charge in [-0.25, -0.2) is 0 Å². The molecule has 25 heavy (non-hydrogen) atoms. The third-order valence-corrected chi connectivity index (χ3v) is 4.24. The van der Waals surface area contributed by atoms with E-state index < -0.39 is 6.10 Å². The number of hydrogen-bond acceptors (Lipinski definition) is 4. The van der Waals surface area contributed by atoms with E-state index in [2.05, 4.69) is 31.3 Å². The normalized spacial score (nSPS) is 13.5. The molecule has 0 saturated carbocycles. The summed E-state index contributed by atoms with van der Waals surface area (Å²) in [6, 6.07) is 16.0. The van der Waals surface area contributed by atoms with Crippen LogP contribution in [-0.2, 0) is 0 Å². The van der Waals surface area contributed by atoms with Crippen LogP contribution in [0.4, 0.5) is 0 Å². The second-order valence-corrected chi connectivity index (χ2v) is 6.63. The first kappa shape index (κ1) is 19.3. The molecule has 0 aliphatic carbocycles. The molecule has 136 valence electrons. The quantitative estimate of drug-likeness (QED) is 0.728. The highest BCUT2D eigenvalue weighted by atomic mass is 16.5. The number of aliphatic hydroxyl groups is 1. The zero-order valence-electron chi connectivity index (χ0n) is 15.5. The van der Waals surface area contributed by atoms with Crippen molar-refractivity contribution in [2.24, 2.45) is 5.92 Å².